The van der Waals surface area contributed by atoms with Gasteiger partial charge in [0.2, 0.25) is 0 Å². The quantitative estimate of drug-likeness (QED) is 0.198. The fourth-order valence-electron chi connectivity index (χ4n) is 5.90. The first kappa shape index (κ1) is 27.3. The van der Waals surface area contributed by atoms with Crippen molar-refractivity contribution in [3.8, 4) is 39.9 Å². The lowest BCUT2D eigenvalue weighted by Gasteiger charge is -2.20. The van der Waals surface area contributed by atoms with Crippen molar-refractivity contribution in [3.05, 3.63) is 150 Å². The number of rotatable bonds is 6. The maximum Gasteiger partial charge on any atom is 0.301 e. The van der Waals surface area contributed by atoms with E-state index >= 15 is 8.78 Å². The molecule has 0 radical (unpaired) electrons. The van der Waals surface area contributed by atoms with Crippen LogP contribution in [0.4, 0.5) is 8.78 Å². The number of benzene rings is 4. The van der Waals surface area contributed by atoms with E-state index in [2.05, 4.69) is 0 Å². The van der Waals surface area contributed by atoms with E-state index in [4.69, 9.17) is 15.0 Å². The van der Waals surface area contributed by atoms with Crippen molar-refractivity contribution >= 4 is 17.2 Å². The molecule has 0 amide bonds. The number of nitrogens with zero attached hydrogens (tertiary/aromatic N) is 4. The summed E-state index contributed by atoms with van der Waals surface area (Å²) in [6, 6.07) is 37.7. The van der Waals surface area contributed by atoms with Crippen molar-refractivity contribution in [2.75, 3.05) is 0 Å². The summed E-state index contributed by atoms with van der Waals surface area (Å²) in [7, 11) is 0. The van der Waals surface area contributed by atoms with Gasteiger partial charge in [-0.15, -0.1) is 0 Å². The molecule has 0 bridgehead atoms. The Bertz CT molecular complexity index is 2000. The highest BCUT2D eigenvalue weighted by atomic mass is 19.3. The van der Waals surface area contributed by atoms with Gasteiger partial charge in [0.25, 0.3) is 0 Å². The Kier molecular flexibility index (Phi) is 6.82. The van der Waals surface area contributed by atoms with Crippen molar-refractivity contribution < 1.29 is 8.78 Å². The van der Waals surface area contributed by atoms with Gasteiger partial charge in [-0.25, -0.2) is 15.0 Å². The largest absolute Gasteiger partial charge is 0.310 e. The van der Waals surface area contributed by atoms with Gasteiger partial charge in [-0.2, -0.15) is 8.78 Å². The maximum absolute atomic E-state index is 16.1. The van der Waals surface area contributed by atoms with Gasteiger partial charge in [0.05, 0.1) is 11.3 Å². The molecule has 0 unspecified atom stereocenters. The molecule has 2 heterocycles. The molecule has 4 nitrogen and oxygen atoms in total. The molecule has 1 aliphatic rings. The van der Waals surface area contributed by atoms with Crippen LogP contribution in [-0.4, -0.2) is 19.5 Å². The van der Waals surface area contributed by atoms with E-state index in [0.29, 0.717) is 34.3 Å². The van der Waals surface area contributed by atoms with Crippen LogP contribution in [0.15, 0.2) is 127 Å². The topological polar surface area (TPSA) is 43.6 Å². The Balaban J connectivity index is 1.40. The minimum Gasteiger partial charge on any atom is -0.310 e. The fourth-order valence-corrected chi connectivity index (χ4v) is 5.90. The Labute approximate surface area is 254 Å². The maximum atomic E-state index is 16.1. The number of alkyl halides is 2. The summed E-state index contributed by atoms with van der Waals surface area (Å²) in [6.45, 7) is 3.69. The molecular formula is C38H28F2N4. The van der Waals surface area contributed by atoms with Gasteiger partial charge in [-0.3, -0.25) is 0 Å². The predicted octanol–water partition coefficient (Wildman–Crippen LogP) is 9.73. The van der Waals surface area contributed by atoms with Gasteiger partial charge >= 0.3 is 5.92 Å². The number of aromatic nitrogens is 4. The van der Waals surface area contributed by atoms with Gasteiger partial charge in [-0.1, -0.05) is 103 Å². The van der Waals surface area contributed by atoms with Crippen molar-refractivity contribution in [2.24, 2.45) is 0 Å². The SMILES string of the molecule is C/C=C\c1ccc(C2=C(C)c3ccccc3C2(F)F)n1-c1cccc(-c2nc(-c3ccccc3)nc(-c3ccccc3)n2)c1. The summed E-state index contributed by atoms with van der Waals surface area (Å²) in [5.74, 6) is -1.53. The van der Waals surface area contributed by atoms with Crippen LogP contribution in [0.1, 0.15) is 36.4 Å². The average Bonchev–Trinajstić information content (AvgIpc) is 3.56. The second-order valence-corrected chi connectivity index (χ2v) is 10.7. The van der Waals surface area contributed by atoms with E-state index < -0.39 is 5.92 Å². The Morgan fingerprint density at radius 3 is 1.82 bits per heavy atom. The molecule has 44 heavy (non-hydrogen) atoms. The van der Waals surface area contributed by atoms with Crippen LogP contribution in [0, 0.1) is 0 Å². The zero-order valence-electron chi connectivity index (χ0n) is 24.2. The lowest BCUT2D eigenvalue weighted by molar-refractivity contribution is 0.0669. The molecule has 0 saturated heterocycles. The zero-order valence-corrected chi connectivity index (χ0v) is 24.2. The highest BCUT2D eigenvalue weighted by molar-refractivity contribution is 5.99. The third-order valence-corrected chi connectivity index (χ3v) is 7.92. The van der Waals surface area contributed by atoms with Crippen LogP contribution in [0.25, 0.3) is 57.1 Å². The van der Waals surface area contributed by atoms with Gasteiger partial charge in [0, 0.05) is 33.6 Å². The summed E-state index contributed by atoms with van der Waals surface area (Å²) in [5, 5.41) is 0. The van der Waals surface area contributed by atoms with Crippen LogP contribution >= 0.6 is 0 Å². The lowest BCUT2D eigenvalue weighted by Crippen LogP contribution is -2.15. The van der Waals surface area contributed by atoms with E-state index in [0.717, 1.165) is 28.1 Å². The second-order valence-electron chi connectivity index (χ2n) is 10.7. The number of fused-ring (bicyclic) bond motifs is 1. The summed E-state index contributed by atoms with van der Waals surface area (Å²) >= 11 is 0. The van der Waals surface area contributed by atoms with E-state index in [1.807, 2.05) is 115 Å². The summed E-state index contributed by atoms with van der Waals surface area (Å²) < 4.78 is 34.0. The minimum absolute atomic E-state index is 0.0118. The molecule has 0 atom stereocenters. The fraction of sp³-hybridized carbons (Fsp3) is 0.0789. The predicted molar refractivity (Wildman–Crippen MR) is 173 cm³/mol. The van der Waals surface area contributed by atoms with E-state index in [9.17, 15) is 0 Å². The van der Waals surface area contributed by atoms with Gasteiger partial charge in [-0.05, 0) is 55.3 Å². The summed E-state index contributed by atoms with van der Waals surface area (Å²) in [5.41, 5.74) is 5.65. The molecule has 1 aliphatic carbocycles. The average molecular weight is 579 g/mol. The Morgan fingerprint density at radius 2 is 1.20 bits per heavy atom. The first-order chi connectivity index (χ1) is 21.5. The van der Waals surface area contributed by atoms with Gasteiger partial charge in [0.1, 0.15) is 0 Å². The monoisotopic (exact) mass is 578 g/mol. The van der Waals surface area contributed by atoms with Crippen molar-refractivity contribution in [2.45, 2.75) is 19.8 Å². The van der Waals surface area contributed by atoms with Crippen LogP contribution in [0.3, 0.4) is 0 Å². The van der Waals surface area contributed by atoms with E-state index in [-0.39, 0.29) is 11.1 Å². The number of hydrogen-bond acceptors (Lipinski definition) is 3. The van der Waals surface area contributed by atoms with E-state index in [1.165, 1.54) is 6.07 Å². The highest BCUT2D eigenvalue weighted by Gasteiger charge is 2.46. The molecular weight excluding hydrogens is 550 g/mol. The summed E-state index contributed by atoms with van der Waals surface area (Å²) in [6.07, 6.45) is 3.84. The summed E-state index contributed by atoms with van der Waals surface area (Å²) in [4.78, 5) is 14.5. The molecule has 0 N–H and O–H groups in total. The number of allylic oxidation sites excluding steroid dienone is 3. The first-order valence-electron chi connectivity index (χ1n) is 14.5. The molecule has 0 aliphatic heterocycles. The van der Waals surface area contributed by atoms with E-state index in [1.54, 1.807) is 31.2 Å². The van der Waals surface area contributed by atoms with Crippen LogP contribution in [-0.2, 0) is 5.92 Å². The molecule has 2 aromatic heterocycles. The highest BCUT2D eigenvalue weighted by Crippen LogP contribution is 2.53. The van der Waals surface area contributed by atoms with Crippen molar-refractivity contribution in [1.29, 1.82) is 0 Å². The first-order valence-corrected chi connectivity index (χ1v) is 14.5. The lowest BCUT2D eigenvalue weighted by atomic mass is 10.0. The molecule has 0 saturated carbocycles. The molecule has 214 valence electrons. The second kappa shape index (κ2) is 11.0. The normalized spacial score (nSPS) is 13.9. The van der Waals surface area contributed by atoms with Crippen molar-refractivity contribution in [3.63, 3.8) is 0 Å². The standard InChI is InChI=1S/C38H28F2N4/c1-3-13-29-22-23-33(34-25(2)31-20-10-11-21-32(31)38(34,39)40)44(29)30-19-12-18-28(24-30)37-42-35(26-14-6-4-7-15-26)41-36(43-37)27-16-8-5-9-17-27/h3-24H,1-2H3/b13-3-. The molecule has 0 spiro atoms. The molecule has 6 heteroatoms. The molecule has 7 rings (SSSR count). The third-order valence-electron chi connectivity index (χ3n) is 7.92. The van der Waals surface area contributed by atoms with Crippen LogP contribution < -0.4 is 0 Å². The molecule has 6 aromatic rings. The van der Waals surface area contributed by atoms with Crippen LogP contribution in [0.2, 0.25) is 0 Å². The number of halogens is 2. The minimum atomic E-state index is -3.13. The molecule has 4 aromatic carbocycles. The van der Waals surface area contributed by atoms with Gasteiger partial charge in [0.15, 0.2) is 17.5 Å². The number of hydrogen-bond donors (Lipinski definition) is 0. The van der Waals surface area contributed by atoms with Crippen molar-refractivity contribution in [1.82, 2.24) is 19.5 Å². The molecule has 0 fully saturated rings. The van der Waals surface area contributed by atoms with Crippen LogP contribution in [0.5, 0.6) is 0 Å². The zero-order chi connectivity index (χ0) is 30.3. The van der Waals surface area contributed by atoms with Gasteiger partial charge < -0.3 is 4.57 Å². The smallest absolute Gasteiger partial charge is 0.301 e. The Morgan fingerprint density at radius 1 is 0.636 bits per heavy atom. The third kappa shape index (κ3) is 4.65. The Hall–Kier alpha value is -5.49.